The van der Waals surface area contributed by atoms with E-state index < -0.39 is 17.2 Å². The van der Waals surface area contributed by atoms with Crippen molar-refractivity contribution >= 4 is 28.7 Å². The van der Waals surface area contributed by atoms with Gasteiger partial charge in [0.15, 0.2) is 0 Å². The molecule has 0 bridgehead atoms. The topological polar surface area (TPSA) is 69.0 Å². The van der Waals surface area contributed by atoms with Gasteiger partial charge >= 0.3 is 6.09 Å². The molecule has 0 aromatic carbocycles. The number of nitrogens with zero attached hydrogens (tertiary/aromatic N) is 3. The normalized spacial score (nSPS) is 12.5. The van der Waals surface area contributed by atoms with Gasteiger partial charge in [0, 0.05) is 24.3 Å². The van der Waals surface area contributed by atoms with E-state index >= 15 is 0 Å². The fourth-order valence-corrected chi connectivity index (χ4v) is 2.20. The molecule has 1 amide bonds. The summed E-state index contributed by atoms with van der Waals surface area (Å²) in [7, 11) is 0. The predicted molar refractivity (Wildman–Crippen MR) is 86.1 cm³/mol. The summed E-state index contributed by atoms with van der Waals surface area (Å²) in [5.74, 6) is 0. The summed E-state index contributed by atoms with van der Waals surface area (Å²) in [6.45, 7) is 9.88. The van der Waals surface area contributed by atoms with Crippen molar-refractivity contribution in [3.63, 3.8) is 0 Å². The van der Waals surface area contributed by atoms with Gasteiger partial charge in [-0.25, -0.2) is 9.78 Å². The number of alkyl carbamates (subject to hydrolysis) is 1. The standard InChI is InChI=1S/C15H21ClN4O2/c1-14(2,3)22-13(21)18-9-15(4,5)20-7-6-10-8-17-12(16)19-11(10)20/h6-8H,9H2,1-5H3,(H,18,21). The highest BCUT2D eigenvalue weighted by Crippen LogP contribution is 2.23. The predicted octanol–water partition coefficient (Wildman–Crippen LogP) is 3.34. The lowest BCUT2D eigenvalue weighted by atomic mass is 10.1. The van der Waals surface area contributed by atoms with Gasteiger partial charge in [-0.1, -0.05) is 0 Å². The van der Waals surface area contributed by atoms with Crippen LogP contribution in [-0.2, 0) is 10.3 Å². The summed E-state index contributed by atoms with van der Waals surface area (Å²) in [5.41, 5.74) is -0.179. The first-order valence-corrected chi connectivity index (χ1v) is 7.43. The van der Waals surface area contributed by atoms with Gasteiger partial charge in [-0.05, 0) is 52.3 Å². The lowest BCUT2D eigenvalue weighted by Crippen LogP contribution is -2.42. The number of carbonyl (C=O) groups excluding carboxylic acids is 1. The molecule has 2 aromatic heterocycles. The van der Waals surface area contributed by atoms with E-state index in [4.69, 9.17) is 16.3 Å². The van der Waals surface area contributed by atoms with Gasteiger partial charge in [-0.2, -0.15) is 4.98 Å². The quantitative estimate of drug-likeness (QED) is 0.879. The molecule has 0 aliphatic carbocycles. The smallest absolute Gasteiger partial charge is 0.407 e. The van der Waals surface area contributed by atoms with Crippen LogP contribution in [0.4, 0.5) is 4.79 Å². The highest BCUT2D eigenvalue weighted by Gasteiger charge is 2.25. The molecule has 0 saturated carbocycles. The fraction of sp³-hybridized carbons (Fsp3) is 0.533. The number of hydrogen-bond donors (Lipinski definition) is 1. The SMILES string of the molecule is CC(C)(C)OC(=O)NCC(C)(C)n1ccc2cnc(Cl)nc21. The number of rotatable bonds is 3. The number of ether oxygens (including phenoxy) is 1. The Morgan fingerprint density at radius 1 is 1.36 bits per heavy atom. The summed E-state index contributed by atoms with van der Waals surface area (Å²) < 4.78 is 7.22. The Morgan fingerprint density at radius 2 is 2.05 bits per heavy atom. The lowest BCUT2D eigenvalue weighted by Gasteiger charge is -2.28. The average Bonchev–Trinajstić information content (AvgIpc) is 2.78. The van der Waals surface area contributed by atoms with E-state index in [0.29, 0.717) is 6.54 Å². The minimum Gasteiger partial charge on any atom is -0.444 e. The zero-order valence-corrected chi connectivity index (χ0v) is 14.2. The summed E-state index contributed by atoms with van der Waals surface area (Å²) in [6, 6.07) is 1.92. The summed E-state index contributed by atoms with van der Waals surface area (Å²) in [4.78, 5) is 20.0. The second kappa shape index (κ2) is 5.76. The van der Waals surface area contributed by atoms with Crippen LogP contribution in [0.2, 0.25) is 5.28 Å². The van der Waals surface area contributed by atoms with Crippen LogP contribution in [0.25, 0.3) is 11.0 Å². The third-order valence-corrected chi connectivity index (χ3v) is 3.30. The first kappa shape index (κ1) is 16.5. The van der Waals surface area contributed by atoms with Gasteiger partial charge in [0.1, 0.15) is 11.2 Å². The van der Waals surface area contributed by atoms with E-state index in [9.17, 15) is 4.79 Å². The van der Waals surface area contributed by atoms with Crippen molar-refractivity contribution in [1.82, 2.24) is 19.9 Å². The first-order chi connectivity index (χ1) is 10.1. The van der Waals surface area contributed by atoms with Crippen LogP contribution in [0.5, 0.6) is 0 Å². The van der Waals surface area contributed by atoms with E-state index in [1.54, 1.807) is 6.20 Å². The van der Waals surface area contributed by atoms with Crippen LogP contribution in [-0.4, -0.2) is 32.8 Å². The third kappa shape index (κ3) is 3.88. The molecule has 0 fully saturated rings. The summed E-state index contributed by atoms with van der Waals surface area (Å²) >= 11 is 5.87. The van der Waals surface area contributed by atoms with Gasteiger partial charge in [0.2, 0.25) is 5.28 Å². The minimum absolute atomic E-state index is 0.198. The Bertz CT molecular complexity index is 688. The van der Waals surface area contributed by atoms with Gasteiger partial charge in [0.25, 0.3) is 0 Å². The van der Waals surface area contributed by atoms with Crippen molar-refractivity contribution in [3.05, 3.63) is 23.7 Å². The van der Waals surface area contributed by atoms with E-state index in [2.05, 4.69) is 15.3 Å². The Kier molecular flexibility index (Phi) is 4.33. The van der Waals surface area contributed by atoms with Crippen molar-refractivity contribution in [2.24, 2.45) is 0 Å². The molecule has 2 rings (SSSR count). The molecular weight excluding hydrogens is 304 g/mol. The fourth-order valence-electron chi connectivity index (χ4n) is 2.07. The number of nitrogens with one attached hydrogen (secondary N) is 1. The number of fused-ring (bicyclic) bond motifs is 1. The maximum absolute atomic E-state index is 11.8. The number of halogens is 1. The lowest BCUT2D eigenvalue weighted by molar-refractivity contribution is 0.0509. The van der Waals surface area contributed by atoms with Crippen molar-refractivity contribution < 1.29 is 9.53 Å². The van der Waals surface area contributed by atoms with Gasteiger partial charge < -0.3 is 14.6 Å². The van der Waals surface area contributed by atoms with Crippen LogP contribution in [0.1, 0.15) is 34.6 Å². The highest BCUT2D eigenvalue weighted by molar-refractivity contribution is 6.28. The number of aromatic nitrogens is 3. The zero-order valence-electron chi connectivity index (χ0n) is 13.5. The molecule has 0 aliphatic heterocycles. The number of carbonyl (C=O) groups is 1. The molecule has 120 valence electrons. The van der Waals surface area contributed by atoms with Gasteiger partial charge in [-0.15, -0.1) is 0 Å². The van der Waals surface area contributed by atoms with Crippen molar-refractivity contribution in [1.29, 1.82) is 0 Å². The van der Waals surface area contributed by atoms with Crippen LogP contribution >= 0.6 is 11.6 Å². The Morgan fingerprint density at radius 3 is 2.68 bits per heavy atom. The molecule has 22 heavy (non-hydrogen) atoms. The Labute approximate surface area is 134 Å². The summed E-state index contributed by atoms with van der Waals surface area (Å²) in [6.07, 6.45) is 3.15. The largest absolute Gasteiger partial charge is 0.444 e. The van der Waals surface area contributed by atoms with Crippen molar-refractivity contribution in [2.75, 3.05) is 6.54 Å². The number of hydrogen-bond acceptors (Lipinski definition) is 4. The van der Waals surface area contributed by atoms with Crippen LogP contribution in [0, 0.1) is 0 Å². The third-order valence-electron chi connectivity index (χ3n) is 3.11. The second-order valence-electron chi connectivity index (χ2n) is 6.77. The summed E-state index contributed by atoms with van der Waals surface area (Å²) in [5, 5.41) is 3.88. The second-order valence-corrected chi connectivity index (χ2v) is 7.11. The maximum Gasteiger partial charge on any atom is 0.407 e. The van der Waals surface area contributed by atoms with Crippen molar-refractivity contribution in [3.8, 4) is 0 Å². The molecule has 0 unspecified atom stereocenters. The Hall–Kier alpha value is -1.82. The molecule has 0 spiro atoms. The minimum atomic E-state index is -0.519. The van der Waals surface area contributed by atoms with E-state index in [-0.39, 0.29) is 5.28 Å². The molecule has 0 aliphatic rings. The molecule has 7 heteroatoms. The van der Waals surface area contributed by atoms with Gasteiger partial charge in [-0.3, -0.25) is 0 Å². The monoisotopic (exact) mass is 324 g/mol. The molecule has 0 radical (unpaired) electrons. The van der Waals surface area contributed by atoms with Crippen molar-refractivity contribution in [2.45, 2.75) is 45.8 Å². The first-order valence-electron chi connectivity index (χ1n) is 7.05. The molecule has 2 heterocycles. The molecule has 0 saturated heterocycles. The van der Waals surface area contributed by atoms with Crippen LogP contribution < -0.4 is 5.32 Å². The van der Waals surface area contributed by atoms with Crippen LogP contribution in [0.15, 0.2) is 18.5 Å². The zero-order chi connectivity index (χ0) is 16.5. The van der Waals surface area contributed by atoms with E-state index in [1.807, 2.05) is 51.4 Å². The van der Waals surface area contributed by atoms with E-state index in [1.165, 1.54) is 0 Å². The number of amides is 1. The van der Waals surface area contributed by atoms with Gasteiger partial charge in [0.05, 0.1) is 5.54 Å². The molecular formula is C15H21ClN4O2. The van der Waals surface area contributed by atoms with Crippen LogP contribution in [0.3, 0.4) is 0 Å². The highest BCUT2D eigenvalue weighted by atomic mass is 35.5. The maximum atomic E-state index is 11.8. The molecule has 6 nitrogen and oxygen atoms in total. The molecule has 0 atom stereocenters. The average molecular weight is 325 g/mol. The van der Waals surface area contributed by atoms with E-state index in [0.717, 1.165) is 11.0 Å². The molecule has 1 N–H and O–H groups in total. The molecule has 2 aromatic rings. The Balaban J connectivity index is 2.15.